The largest absolute Gasteiger partial charge is 0.354 e. The minimum Gasteiger partial charge on any atom is -0.354 e. The number of hydrogen-bond donors (Lipinski definition) is 1. The normalized spacial score (nSPS) is 10.4. The Morgan fingerprint density at radius 1 is 1.22 bits per heavy atom. The second-order valence-electron chi connectivity index (χ2n) is 4.31. The highest BCUT2D eigenvalue weighted by molar-refractivity contribution is 5.64. The van der Waals surface area contributed by atoms with Crippen LogP contribution in [-0.4, -0.2) is 16.5 Å². The van der Waals surface area contributed by atoms with Gasteiger partial charge in [-0.1, -0.05) is 25.1 Å². The Hall–Kier alpha value is -1.90. The summed E-state index contributed by atoms with van der Waals surface area (Å²) in [5.74, 6) is 0.694. The molecule has 2 rings (SSSR count). The Morgan fingerprint density at radius 2 is 2.06 bits per heavy atom. The van der Waals surface area contributed by atoms with Crippen LogP contribution < -0.4 is 5.32 Å². The van der Waals surface area contributed by atoms with Crippen molar-refractivity contribution in [3.8, 4) is 11.3 Å². The Bertz CT molecular complexity index is 535. The molecule has 0 aliphatic rings. The summed E-state index contributed by atoms with van der Waals surface area (Å²) in [6.45, 7) is 7.08. The van der Waals surface area contributed by atoms with Gasteiger partial charge in [-0.2, -0.15) is 0 Å². The van der Waals surface area contributed by atoms with Crippen molar-refractivity contribution >= 4 is 5.95 Å². The molecule has 2 aromatic rings. The Morgan fingerprint density at radius 3 is 2.78 bits per heavy atom. The van der Waals surface area contributed by atoms with Gasteiger partial charge in [-0.15, -0.1) is 0 Å². The van der Waals surface area contributed by atoms with Gasteiger partial charge in [0.1, 0.15) is 0 Å². The van der Waals surface area contributed by atoms with Gasteiger partial charge in [0.25, 0.3) is 0 Å². The number of hydrogen-bond acceptors (Lipinski definition) is 3. The zero-order chi connectivity index (χ0) is 13.0. The molecule has 18 heavy (non-hydrogen) atoms. The fourth-order valence-electron chi connectivity index (χ4n) is 1.92. The third-order valence-corrected chi connectivity index (χ3v) is 2.92. The number of rotatable bonds is 4. The number of benzene rings is 1. The molecule has 0 bridgehead atoms. The van der Waals surface area contributed by atoms with Gasteiger partial charge in [0.05, 0.1) is 5.69 Å². The first-order chi connectivity index (χ1) is 8.74. The molecule has 0 amide bonds. The Labute approximate surface area is 108 Å². The maximum absolute atomic E-state index is 4.59. The lowest BCUT2D eigenvalue weighted by molar-refractivity contribution is 1.07. The van der Waals surface area contributed by atoms with Gasteiger partial charge in [0.2, 0.25) is 5.95 Å². The zero-order valence-corrected chi connectivity index (χ0v) is 11.2. The predicted octanol–water partition coefficient (Wildman–Crippen LogP) is 3.45. The average molecular weight is 241 g/mol. The van der Waals surface area contributed by atoms with Crippen LogP contribution in [0.5, 0.6) is 0 Å². The summed E-state index contributed by atoms with van der Waals surface area (Å²) < 4.78 is 0. The van der Waals surface area contributed by atoms with E-state index in [0.29, 0.717) is 5.95 Å². The van der Waals surface area contributed by atoms with Crippen LogP contribution in [0.1, 0.15) is 25.0 Å². The predicted molar refractivity (Wildman–Crippen MR) is 75.7 cm³/mol. The summed E-state index contributed by atoms with van der Waals surface area (Å²) in [4.78, 5) is 8.86. The fraction of sp³-hybridized carbons (Fsp3) is 0.333. The molecule has 0 spiro atoms. The third-order valence-electron chi connectivity index (χ3n) is 2.92. The van der Waals surface area contributed by atoms with Gasteiger partial charge in [0, 0.05) is 18.3 Å². The molecule has 94 valence electrons. The van der Waals surface area contributed by atoms with Crippen molar-refractivity contribution in [2.75, 3.05) is 11.9 Å². The highest BCUT2D eigenvalue weighted by atomic mass is 15.1. The van der Waals surface area contributed by atoms with Gasteiger partial charge in [-0.05, 0) is 37.5 Å². The summed E-state index contributed by atoms with van der Waals surface area (Å²) in [5.41, 5.74) is 4.60. The lowest BCUT2D eigenvalue weighted by Crippen LogP contribution is -2.03. The number of aromatic nitrogens is 2. The molecule has 0 aliphatic carbocycles. The number of nitrogens with one attached hydrogen (secondary N) is 1. The molecule has 0 saturated carbocycles. The van der Waals surface area contributed by atoms with Crippen molar-refractivity contribution in [1.82, 2.24) is 9.97 Å². The van der Waals surface area contributed by atoms with E-state index in [2.05, 4.69) is 46.5 Å². The van der Waals surface area contributed by atoms with E-state index in [9.17, 15) is 0 Å². The first-order valence-corrected chi connectivity index (χ1v) is 6.41. The van der Waals surface area contributed by atoms with Crippen LogP contribution in [0, 0.1) is 6.92 Å². The average Bonchev–Trinajstić information content (AvgIpc) is 2.41. The SMILES string of the molecule is CCNc1ncc(C)c(-c2cccc(CC)c2)n1. The minimum absolute atomic E-state index is 0.694. The van der Waals surface area contributed by atoms with E-state index in [4.69, 9.17) is 0 Å². The number of nitrogens with zero attached hydrogens (tertiary/aromatic N) is 2. The van der Waals surface area contributed by atoms with Crippen molar-refractivity contribution in [1.29, 1.82) is 0 Å². The molecule has 1 aromatic carbocycles. The van der Waals surface area contributed by atoms with Crippen LogP contribution in [-0.2, 0) is 6.42 Å². The molecule has 1 heterocycles. The van der Waals surface area contributed by atoms with Crippen LogP contribution in [0.25, 0.3) is 11.3 Å². The summed E-state index contributed by atoms with van der Waals surface area (Å²) in [6.07, 6.45) is 2.91. The molecule has 0 aliphatic heterocycles. The van der Waals surface area contributed by atoms with E-state index < -0.39 is 0 Å². The van der Waals surface area contributed by atoms with E-state index in [0.717, 1.165) is 29.8 Å². The van der Waals surface area contributed by atoms with E-state index in [-0.39, 0.29) is 0 Å². The highest BCUT2D eigenvalue weighted by Crippen LogP contribution is 2.22. The van der Waals surface area contributed by atoms with Crippen molar-refractivity contribution < 1.29 is 0 Å². The van der Waals surface area contributed by atoms with Crippen LogP contribution in [0.2, 0.25) is 0 Å². The molecule has 0 unspecified atom stereocenters. The van der Waals surface area contributed by atoms with Gasteiger partial charge in [-0.3, -0.25) is 0 Å². The standard InChI is InChI=1S/C15H19N3/c1-4-12-7-6-8-13(9-12)14-11(3)10-17-15(18-14)16-5-2/h6-10H,4-5H2,1-3H3,(H,16,17,18). The van der Waals surface area contributed by atoms with E-state index in [1.165, 1.54) is 5.56 Å². The second kappa shape index (κ2) is 5.63. The lowest BCUT2D eigenvalue weighted by Gasteiger charge is -2.09. The van der Waals surface area contributed by atoms with E-state index in [1.807, 2.05) is 20.0 Å². The molecule has 1 aromatic heterocycles. The number of aryl methyl sites for hydroxylation is 2. The van der Waals surface area contributed by atoms with Crippen LogP contribution in [0.3, 0.4) is 0 Å². The highest BCUT2D eigenvalue weighted by Gasteiger charge is 2.06. The number of anilines is 1. The molecular formula is C15H19N3. The lowest BCUT2D eigenvalue weighted by atomic mass is 10.0. The maximum Gasteiger partial charge on any atom is 0.223 e. The summed E-state index contributed by atoms with van der Waals surface area (Å²) in [6, 6.07) is 8.53. The third kappa shape index (κ3) is 2.67. The summed E-state index contributed by atoms with van der Waals surface area (Å²) >= 11 is 0. The second-order valence-corrected chi connectivity index (χ2v) is 4.31. The van der Waals surface area contributed by atoms with Gasteiger partial charge < -0.3 is 5.32 Å². The molecule has 3 heteroatoms. The molecule has 0 radical (unpaired) electrons. The molecule has 0 fully saturated rings. The van der Waals surface area contributed by atoms with Gasteiger partial charge in [-0.25, -0.2) is 9.97 Å². The summed E-state index contributed by atoms with van der Waals surface area (Å²) in [7, 11) is 0. The van der Waals surface area contributed by atoms with Crippen molar-refractivity contribution in [3.63, 3.8) is 0 Å². The van der Waals surface area contributed by atoms with Crippen molar-refractivity contribution in [2.24, 2.45) is 0 Å². The van der Waals surface area contributed by atoms with Crippen LogP contribution in [0.4, 0.5) is 5.95 Å². The minimum atomic E-state index is 0.694. The smallest absolute Gasteiger partial charge is 0.223 e. The Balaban J connectivity index is 2.44. The monoisotopic (exact) mass is 241 g/mol. The molecule has 0 saturated heterocycles. The molecule has 0 atom stereocenters. The molecule has 3 nitrogen and oxygen atoms in total. The van der Waals surface area contributed by atoms with Gasteiger partial charge in [0.15, 0.2) is 0 Å². The van der Waals surface area contributed by atoms with Crippen molar-refractivity contribution in [2.45, 2.75) is 27.2 Å². The van der Waals surface area contributed by atoms with Crippen LogP contribution in [0.15, 0.2) is 30.5 Å². The zero-order valence-electron chi connectivity index (χ0n) is 11.2. The first-order valence-electron chi connectivity index (χ1n) is 6.41. The molecule has 1 N–H and O–H groups in total. The summed E-state index contributed by atoms with van der Waals surface area (Å²) in [5, 5.41) is 3.15. The Kier molecular flexibility index (Phi) is 3.92. The van der Waals surface area contributed by atoms with E-state index in [1.54, 1.807) is 0 Å². The first kappa shape index (κ1) is 12.6. The van der Waals surface area contributed by atoms with Crippen LogP contribution >= 0.6 is 0 Å². The van der Waals surface area contributed by atoms with Gasteiger partial charge >= 0.3 is 0 Å². The quantitative estimate of drug-likeness (QED) is 0.891. The van der Waals surface area contributed by atoms with Crippen molar-refractivity contribution in [3.05, 3.63) is 41.6 Å². The molecular weight excluding hydrogens is 222 g/mol. The fourth-order valence-corrected chi connectivity index (χ4v) is 1.92. The maximum atomic E-state index is 4.59. The van der Waals surface area contributed by atoms with E-state index >= 15 is 0 Å². The topological polar surface area (TPSA) is 37.8 Å².